The lowest BCUT2D eigenvalue weighted by Gasteiger charge is -2.15. The first-order valence-electron chi connectivity index (χ1n) is 7.38. The van der Waals surface area contributed by atoms with E-state index in [1.165, 1.54) is 0 Å². The van der Waals surface area contributed by atoms with E-state index in [0.717, 1.165) is 24.8 Å². The van der Waals surface area contributed by atoms with E-state index in [1.807, 2.05) is 24.3 Å². The van der Waals surface area contributed by atoms with Crippen molar-refractivity contribution in [1.29, 1.82) is 0 Å². The summed E-state index contributed by atoms with van der Waals surface area (Å²) in [5, 5.41) is 2.86. The Balaban J connectivity index is 2.49. The highest BCUT2D eigenvalue weighted by molar-refractivity contribution is 5.80. The summed E-state index contributed by atoms with van der Waals surface area (Å²) in [5.41, 5.74) is 7.04. The van der Waals surface area contributed by atoms with Crippen molar-refractivity contribution in [2.24, 2.45) is 5.73 Å². The van der Waals surface area contributed by atoms with Crippen LogP contribution < -0.4 is 15.8 Å². The van der Waals surface area contributed by atoms with Gasteiger partial charge in [-0.25, -0.2) is 0 Å². The largest absolute Gasteiger partial charge is 0.481 e. The molecular weight excluding hydrogens is 252 g/mol. The summed E-state index contributed by atoms with van der Waals surface area (Å²) in [6, 6.07) is 7.68. The molecule has 1 aromatic carbocycles. The monoisotopic (exact) mass is 278 g/mol. The number of ether oxygens (including phenoxy) is 1. The maximum atomic E-state index is 11.8. The summed E-state index contributed by atoms with van der Waals surface area (Å²) in [7, 11) is 0. The molecule has 1 unspecified atom stereocenters. The van der Waals surface area contributed by atoms with Gasteiger partial charge in [-0.2, -0.15) is 0 Å². The molecule has 0 aliphatic carbocycles. The minimum Gasteiger partial charge on any atom is -0.481 e. The van der Waals surface area contributed by atoms with Crippen LogP contribution in [0.5, 0.6) is 5.75 Å². The Morgan fingerprint density at radius 3 is 2.50 bits per heavy atom. The summed E-state index contributed by atoms with van der Waals surface area (Å²) >= 11 is 0. The van der Waals surface area contributed by atoms with Crippen molar-refractivity contribution >= 4 is 5.91 Å². The van der Waals surface area contributed by atoms with Gasteiger partial charge < -0.3 is 15.8 Å². The number of hydrogen-bond donors (Lipinski definition) is 2. The van der Waals surface area contributed by atoms with Crippen LogP contribution in [0.1, 0.15) is 51.6 Å². The average Bonchev–Trinajstić information content (AvgIpc) is 2.47. The molecule has 0 aromatic heterocycles. The van der Waals surface area contributed by atoms with Crippen molar-refractivity contribution < 1.29 is 9.53 Å². The Morgan fingerprint density at radius 1 is 1.30 bits per heavy atom. The molecule has 4 heteroatoms. The van der Waals surface area contributed by atoms with Crippen LogP contribution in [0.15, 0.2) is 24.3 Å². The molecule has 0 aliphatic heterocycles. The highest BCUT2D eigenvalue weighted by atomic mass is 16.5. The molecule has 1 rings (SSSR count). The molecule has 0 fully saturated rings. The van der Waals surface area contributed by atoms with Crippen LogP contribution in [0.25, 0.3) is 0 Å². The predicted octanol–water partition coefficient (Wildman–Crippen LogP) is 2.78. The topological polar surface area (TPSA) is 64.3 Å². The number of nitrogens with two attached hydrogens (primary N) is 1. The van der Waals surface area contributed by atoms with Crippen molar-refractivity contribution in [2.45, 2.75) is 52.2 Å². The van der Waals surface area contributed by atoms with Gasteiger partial charge in [0.05, 0.1) is 0 Å². The highest BCUT2D eigenvalue weighted by Crippen LogP contribution is 2.19. The lowest BCUT2D eigenvalue weighted by molar-refractivity contribution is -0.127. The summed E-state index contributed by atoms with van der Waals surface area (Å²) in [4.78, 5) is 11.8. The molecule has 1 aromatic rings. The van der Waals surface area contributed by atoms with E-state index in [2.05, 4.69) is 19.2 Å². The standard InChI is InChI=1S/C16H26N2O2/c1-4-6-11-18-16(19)12(3)20-14-9-7-13(8-10-14)15(17)5-2/h7-10,12,15H,4-6,11,17H2,1-3H3,(H,18,19)/t12?,15-/m0/s1. The Kier molecular flexibility index (Phi) is 7.09. The fraction of sp³-hybridized carbons (Fsp3) is 0.562. The molecule has 3 N–H and O–H groups in total. The molecule has 0 heterocycles. The van der Waals surface area contributed by atoms with Crippen LogP contribution in [0.2, 0.25) is 0 Å². The van der Waals surface area contributed by atoms with E-state index in [9.17, 15) is 4.79 Å². The van der Waals surface area contributed by atoms with Gasteiger partial charge in [0.25, 0.3) is 5.91 Å². The van der Waals surface area contributed by atoms with E-state index in [1.54, 1.807) is 6.92 Å². The fourth-order valence-electron chi connectivity index (χ4n) is 1.82. The second-order valence-corrected chi connectivity index (χ2v) is 4.99. The first kappa shape index (κ1) is 16.5. The second-order valence-electron chi connectivity index (χ2n) is 4.99. The number of nitrogens with one attached hydrogen (secondary N) is 1. The summed E-state index contributed by atoms with van der Waals surface area (Å²) in [6.45, 7) is 6.60. The van der Waals surface area contributed by atoms with Crippen molar-refractivity contribution in [3.05, 3.63) is 29.8 Å². The number of benzene rings is 1. The normalized spacial score (nSPS) is 13.6. The van der Waals surface area contributed by atoms with E-state index in [-0.39, 0.29) is 11.9 Å². The second kappa shape index (κ2) is 8.59. The predicted molar refractivity (Wildman–Crippen MR) is 81.7 cm³/mol. The van der Waals surface area contributed by atoms with Gasteiger partial charge in [0.2, 0.25) is 0 Å². The Bertz CT molecular complexity index is 403. The van der Waals surface area contributed by atoms with Crippen molar-refractivity contribution in [2.75, 3.05) is 6.54 Å². The average molecular weight is 278 g/mol. The van der Waals surface area contributed by atoms with Crippen molar-refractivity contribution in [3.63, 3.8) is 0 Å². The molecule has 2 atom stereocenters. The molecular formula is C16H26N2O2. The minimum absolute atomic E-state index is 0.0545. The van der Waals surface area contributed by atoms with Crippen LogP contribution in [0.4, 0.5) is 0 Å². The van der Waals surface area contributed by atoms with Gasteiger partial charge in [0, 0.05) is 12.6 Å². The van der Waals surface area contributed by atoms with Gasteiger partial charge >= 0.3 is 0 Å². The van der Waals surface area contributed by atoms with E-state index in [4.69, 9.17) is 10.5 Å². The van der Waals surface area contributed by atoms with Crippen molar-refractivity contribution in [3.8, 4) is 5.75 Å². The molecule has 0 aliphatic rings. The number of rotatable bonds is 8. The van der Waals surface area contributed by atoms with Gasteiger partial charge in [-0.15, -0.1) is 0 Å². The molecule has 4 nitrogen and oxygen atoms in total. The number of carbonyl (C=O) groups is 1. The van der Waals surface area contributed by atoms with Gasteiger partial charge in [-0.3, -0.25) is 4.79 Å². The molecule has 0 spiro atoms. The maximum Gasteiger partial charge on any atom is 0.260 e. The molecule has 20 heavy (non-hydrogen) atoms. The zero-order valence-electron chi connectivity index (χ0n) is 12.7. The van der Waals surface area contributed by atoms with E-state index in [0.29, 0.717) is 12.3 Å². The third kappa shape index (κ3) is 5.21. The van der Waals surface area contributed by atoms with Crippen LogP contribution >= 0.6 is 0 Å². The molecule has 112 valence electrons. The smallest absolute Gasteiger partial charge is 0.260 e. The molecule has 0 saturated carbocycles. The van der Waals surface area contributed by atoms with Crippen LogP contribution in [0, 0.1) is 0 Å². The highest BCUT2D eigenvalue weighted by Gasteiger charge is 2.14. The molecule has 1 amide bonds. The fourth-order valence-corrected chi connectivity index (χ4v) is 1.82. The van der Waals surface area contributed by atoms with Crippen molar-refractivity contribution in [1.82, 2.24) is 5.32 Å². The number of hydrogen-bond acceptors (Lipinski definition) is 3. The zero-order valence-corrected chi connectivity index (χ0v) is 12.7. The number of carbonyl (C=O) groups excluding carboxylic acids is 1. The maximum absolute atomic E-state index is 11.8. The molecule has 0 radical (unpaired) electrons. The lowest BCUT2D eigenvalue weighted by Crippen LogP contribution is -2.36. The molecule has 0 saturated heterocycles. The van der Waals surface area contributed by atoms with E-state index >= 15 is 0 Å². The summed E-state index contributed by atoms with van der Waals surface area (Å²) in [5.74, 6) is 0.614. The van der Waals surface area contributed by atoms with Crippen LogP contribution in [-0.2, 0) is 4.79 Å². The summed E-state index contributed by atoms with van der Waals surface area (Å²) < 4.78 is 5.62. The van der Waals surface area contributed by atoms with Crippen LogP contribution in [0.3, 0.4) is 0 Å². The van der Waals surface area contributed by atoms with Crippen LogP contribution in [-0.4, -0.2) is 18.6 Å². The first-order valence-corrected chi connectivity index (χ1v) is 7.38. The van der Waals surface area contributed by atoms with Gasteiger partial charge in [0.15, 0.2) is 6.10 Å². The van der Waals surface area contributed by atoms with Gasteiger partial charge in [0.1, 0.15) is 5.75 Å². The quantitative estimate of drug-likeness (QED) is 0.719. The van der Waals surface area contributed by atoms with Gasteiger partial charge in [-0.1, -0.05) is 32.4 Å². The third-order valence-electron chi connectivity index (χ3n) is 3.26. The Morgan fingerprint density at radius 2 is 1.95 bits per heavy atom. The number of amides is 1. The lowest BCUT2D eigenvalue weighted by atomic mass is 10.1. The third-order valence-corrected chi connectivity index (χ3v) is 3.26. The SMILES string of the molecule is CCCCNC(=O)C(C)Oc1ccc([C@@H](N)CC)cc1. The van der Waals surface area contributed by atoms with E-state index < -0.39 is 6.10 Å². The minimum atomic E-state index is -0.488. The summed E-state index contributed by atoms with van der Waals surface area (Å²) in [6.07, 6.45) is 2.46. The first-order chi connectivity index (χ1) is 9.58. The van der Waals surface area contributed by atoms with Gasteiger partial charge in [-0.05, 0) is 37.5 Å². The Hall–Kier alpha value is -1.55. The Labute approximate surface area is 121 Å². The zero-order chi connectivity index (χ0) is 15.0. The number of unbranched alkanes of at least 4 members (excludes halogenated alkanes) is 1. The molecule has 0 bridgehead atoms.